The largest absolute Gasteiger partial charge is 0.707 e. The number of hydrogen-bond donors (Lipinski definition) is 2. The van der Waals surface area contributed by atoms with Gasteiger partial charge in [0, 0.05) is 5.33 Å². The first-order valence-electron chi connectivity index (χ1n) is 3.40. The first kappa shape index (κ1) is 9.57. The molecule has 0 aliphatic rings. The summed E-state index contributed by atoms with van der Waals surface area (Å²) in [5.74, 6) is 0.446. The summed E-state index contributed by atoms with van der Waals surface area (Å²) in [5, 5.41) is 17.7. The smallest absolute Gasteiger partial charge is 0.512 e. The zero-order valence-corrected chi connectivity index (χ0v) is 7.86. The third-order valence-electron chi connectivity index (χ3n) is 1.29. The average Bonchev–Trinajstić information content (AvgIpc) is 2.03. The second-order valence-electron chi connectivity index (χ2n) is 2.23. The Kier molecular flexibility index (Phi) is 3.59. The maximum atomic E-state index is 8.49. The second-order valence-corrected chi connectivity index (χ2v) is 2.79. The Balaban J connectivity index is 2.72. The minimum absolute atomic E-state index is 0.446. The van der Waals surface area contributed by atoms with E-state index in [0.29, 0.717) is 11.1 Å². The van der Waals surface area contributed by atoms with Gasteiger partial charge in [-0.15, -0.1) is 0 Å². The molecule has 0 radical (unpaired) electrons. The molecule has 0 fully saturated rings. The van der Waals surface area contributed by atoms with Gasteiger partial charge in [-0.1, -0.05) is 28.1 Å². The van der Waals surface area contributed by atoms with Crippen LogP contribution in [0.5, 0.6) is 5.75 Å². The molecule has 12 heavy (non-hydrogen) atoms. The van der Waals surface area contributed by atoms with Crippen molar-refractivity contribution in [2.45, 2.75) is 5.33 Å². The normalized spacial score (nSPS) is 9.58. The van der Waals surface area contributed by atoms with Crippen LogP contribution >= 0.6 is 15.9 Å². The van der Waals surface area contributed by atoms with E-state index in [9.17, 15) is 0 Å². The van der Waals surface area contributed by atoms with Crippen LogP contribution in [0.15, 0.2) is 24.3 Å². The van der Waals surface area contributed by atoms with Gasteiger partial charge in [0.25, 0.3) is 0 Å². The summed E-state index contributed by atoms with van der Waals surface area (Å²) in [4.78, 5) is 0. The van der Waals surface area contributed by atoms with Gasteiger partial charge >= 0.3 is 7.32 Å². The minimum Gasteiger partial charge on any atom is -0.512 e. The van der Waals surface area contributed by atoms with E-state index in [1.165, 1.54) is 0 Å². The zero-order chi connectivity index (χ0) is 8.97. The quantitative estimate of drug-likeness (QED) is 0.600. The number of hydrogen-bond acceptors (Lipinski definition) is 3. The molecular weight excluding hydrogens is 223 g/mol. The Bertz CT molecular complexity index is 254. The summed E-state index contributed by atoms with van der Waals surface area (Å²) in [6.45, 7) is 0. The van der Waals surface area contributed by atoms with Gasteiger partial charge in [-0.2, -0.15) is 0 Å². The van der Waals surface area contributed by atoms with Crippen molar-refractivity contribution in [3.05, 3.63) is 29.8 Å². The molecule has 1 rings (SSSR count). The van der Waals surface area contributed by atoms with E-state index in [1.807, 2.05) is 6.07 Å². The first-order valence-corrected chi connectivity index (χ1v) is 4.52. The summed E-state index contributed by atoms with van der Waals surface area (Å²) >= 11 is 3.28. The number of benzene rings is 1. The summed E-state index contributed by atoms with van der Waals surface area (Å²) in [5.41, 5.74) is 1.02. The molecule has 0 atom stereocenters. The van der Waals surface area contributed by atoms with Crippen LogP contribution in [0.3, 0.4) is 0 Å². The van der Waals surface area contributed by atoms with E-state index in [0.717, 1.165) is 5.56 Å². The molecule has 0 aromatic heterocycles. The lowest BCUT2D eigenvalue weighted by atomic mass is 10.2. The molecule has 0 aliphatic heterocycles. The van der Waals surface area contributed by atoms with Crippen LogP contribution in [0.4, 0.5) is 0 Å². The van der Waals surface area contributed by atoms with E-state index < -0.39 is 7.32 Å². The van der Waals surface area contributed by atoms with Crippen molar-refractivity contribution < 1.29 is 14.7 Å². The van der Waals surface area contributed by atoms with Gasteiger partial charge in [0.2, 0.25) is 0 Å². The highest BCUT2D eigenvalue weighted by molar-refractivity contribution is 9.08. The highest BCUT2D eigenvalue weighted by Crippen LogP contribution is 2.15. The summed E-state index contributed by atoms with van der Waals surface area (Å²) < 4.78 is 4.65. The van der Waals surface area contributed by atoms with E-state index >= 15 is 0 Å². The highest BCUT2D eigenvalue weighted by atomic mass is 79.9. The second kappa shape index (κ2) is 4.50. The van der Waals surface area contributed by atoms with Gasteiger partial charge in [-0.05, 0) is 17.7 Å². The van der Waals surface area contributed by atoms with Crippen molar-refractivity contribution in [3.8, 4) is 5.75 Å². The molecule has 1 aromatic rings. The predicted molar refractivity (Wildman–Crippen MR) is 49.9 cm³/mol. The van der Waals surface area contributed by atoms with Crippen LogP contribution in [0.1, 0.15) is 5.56 Å². The van der Waals surface area contributed by atoms with E-state index in [4.69, 9.17) is 10.0 Å². The lowest BCUT2D eigenvalue weighted by molar-refractivity contribution is 0.288. The molecule has 0 spiro atoms. The zero-order valence-electron chi connectivity index (χ0n) is 6.27. The van der Waals surface area contributed by atoms with Crippen LogP contribution in [0, 0.1) is 0 Å². The van der Waals surface area contributed by atoms with Gasteiger partial charge in [0.15, 0.2) is 0 Å². The van der Waals surface area contributed by atoms with Gasteiger partial charge in [-0.3, -0.25) is 0 Å². The summed E-state index contributed by atoms with van der Waals surface area (Å²) in [7, 11) is -1.75. The fourth-order valence-corrected chi connectivity index (χ4v) is 1.17. The Morgan fingerprint density at radius 3 is 2.75 bits per heavy atom. The number of alkyl halides is 1. The lowest BCUT2D eigenvalue weighted by Gasteiger charge is -2.04. The van der Waals surface area contributed by atoms with Crippen molar-refractivity contribution in [2.75, 3.05) is 0 Å². The summed E-state index contributed by atoms with van der Waals surface area (Å²) in [6, 6.07) is 7.08. The SMILES string of the molecule is OB(O)Oc1cccc(CBr)c1. The molecule has 3 nitrogen and oxygen atoms in total. The van der Waals surface area contributed by atoms with Crippen molar-refractivity contribution in [2.24, 2.45) is 0 Å². The van der Waals surface area contributed by atoms with Crippen LogP contribution in [-0.2, 0) is 5.33 Å². The molecule has 0 amide bonds. The molecule has 64 valence electrons. The Labute approximate surface area is 79.3 Å². The molecule has 5 heteroatoms. The Hall–Kier alpha value is -0.515. The molecule has 0 bridgehead atoms. The summed E-state index contributed by atoms with van der Waals surface area (Å²) in [6.07, 6.45) is 0. The van der Waals surface area contributed by atoms with Crippen molar-refractivity contribution >= 4 is 23.3 Å². The van der Waals surface area contributed by atoms with Crippen molar-refractivity contribution in [1.29, 1.82) is 0 Å². The van der Waals surface area contributed by atoms with Crippen LogP contribution in [0.2, 0.25) is 0 Å². The van der Waals surface area contributed by atoms with E-state index in [1.54, 1.807) is 18.2 Å². The molecule has 0 heterocycles. The molecule has 0 saturated heterocycles. The molecule has 0 unspecified atom stereocenters. The monoisotopic (exact) mass is 230 g/mol. The molecule has 2 N–H and O–H groups in total. The highest BCUT2D eigenvalue weighted by Gasteiger charge is 2.10. The first-order chi connectivity index (χ1) is 5.72. The van der Waals surface area contributed by atoms with Crippen molar-refractivity contribution in [3.63, 3.8) is 0 Å². The topological polar surface area (TPSA) is 49.7 Å². The Morgan fingerprint density at radius 2 is 2.17 bits per heavy atom. The molecule has 0 saturated carbocycles. The number of rotatable bonds is 3. The minimum atomic E-state index is -1.75. The Morgan fingerprint density at radius 1 is 1.42 bits per heavy atom. The lowest BCUT2D eigenvalue weighted by Crippen LogP contribution is -2.20. The van der Waals surface area contributed by atoms with Gasteiger partial charge in [0.05, 0.1) is 0 Å². The molecule has 1 aromatic carbocycles. The predicted octanol–water partition coefficient (Wildman–Crippen LogP) is 0.930. The van der Waals surface area contributed by atoms with Gasteiger partial charge < -0.3 is 14.7 Å². The van der Waals surface area contributed by atoms with E-state index in [-0.39, 0.29) is 0 Å². The third-order valence-corrected chi connectivity index (χ3v) is 1.94. The van der Waals surface area contributed by atoms with Gasteiger partial charge in [-0.25, -0.2) is 0 Å². The average molecular weight is 231 g/mol. The maximum Gasteiger partial charge on any atom is 0.707 e. The molecular formula is C7H8BBrO3. The van der Waals surface area contributed by atoms with Crippen LogP contribution in [0.25, 0.3) is 0 Å². The fraction of sp³-hybridized carbons (Fsp3) is 0.143. The molecule has 0 aliphatic carbocycles. The van der Waals surface area contributed by atoms with Crippen LogP contribution < -0.4 is 4.65 Å². The van der Waals surface area contributed by atoms with Crippen LogP contribution in [-0.4, -0.2) is 17.4 Å². The standard InChI is InChI=1S/C7H8BBrO3/c9-5-6-2-1-3-7(4-6)12-8(10)11/h1-4,10-11H,5H2. The number of halogens is 1. The van der Waals surface area contributed by atoms with E-state index in [2.05, 4.69) is 20.6 Å². The third kappa shape index (κ3) is 2.85. The van der Waals surface area contributed by atoms with Gasteiger partial charge in [0.1, 0.15) is 5.75 Å². The van der Waals surface area contributed by atoms with Crippen molar-refractivity contribution in [1.82, 2.24) is 0 Å². The fourth-order valence-electron chi connectivity index (χ4n) is 0.824. The maximum absolute atomic E-state index is 8.49.